The minimum atomic E-state index is -0.623. The van der Waals surface area contributed by atoms with Crippen molar-refractivity contribution in [3.05, 3.63) is 11.9 Å². The Hall–Kier alpha value is -1.36. The number of nitrogens with one attached hydrogen (secondary N) is 1. The number of anilines is 1. The lowest BCUT2D eigenvalue weighted by molar-refractivity contribution is -0.000839. The molecule has 1 aliphatic carbocycles. The van der Waals surface area contributed by atoms with Crippen molar-refractivity contribution in [2.75, 3.05) is 18.5 Å². The number of aryl methyl sites for hydroxylation is 1. The van der Waals surface area contributed by atoms with Crippen molar-refractivity contribution < 1.29 is 9.84 Å². The molecule has 112 valence electrons. The van der Waals surface area contributed by atoms with Crippen LogP contribution in [0.5, 0.6) is 5.88 Å². The molecule has 0 aliphatic heterocycles. The van der Waals surface area contributed by atoms with E-state index in [0.29, 0.717) is 36.6 Å². The Morgan fingerprint density at radius 3 is 3.00 bits per heavy atom. The van der Waals surface area contributed by atoms with Gasteiger partial charge in [-0.15, -0.1) is 0 Å². The first-order valence-corrected chi connectivity index (χ1v) is 7.45. The van der Waals surface area contributed by atoms with E-state index in [1.165, 1.54) is 6.42 Å². The van der Waals surface area contributed by atoms with Crippen LogP contribution in [0.15, 0.2) is 6.07 Å². The van der Waals surface area contributed by atoms with Crippen LogP contribution in [-0.4, -0.2) is 33.8 Å². The van der Waals surface area contributed by atoms with Gasteiger partial charge in [0.25, 0.3) is 0 Å². The highest BCUT2D eigenvalue weighted by Crippen LogP contribution is 2.32. The second-order valence-electron chi connectivity index (χ2n) is 5.85. The van der Waals surface area contributed by atoms with E-state index < -0.39 is 5.60 Å². The van der Waals surface area contributed by atoms with E-state index in [1.807, 2.05) is 13.8 Å². The zero-order valence-electron chi connectivity index (χ0n) is 12.6. The number of hydrogen-bond acceptors (Lipinski definition) is 5. The molecule has 0 amide bonds. The number of rotatable bonds is 5. The van der Waals surface area contributed by atoms with Crippen molar-refractivity contribution in [1.29, 1.82) is 0 Å². The second-order valence-corrected chi connectivity index (χ2v) is 5.85. The number of hydrogen-bond donors (Lipinski definition) is 2. The molecule has 0 spiro atoms. The number of aromatic nitrogens is 2. The van der Waals surface area contributed by atoms with E-state index in [4.69, 9.17) is 4.74 Å². The van der Waals surface area contributed by atoms with Gasteiger partial charge in [0.15, 0.2) is 0 Å². The Balaban J connectivity index is 1.99. The van der Waals surface area contributed by atoms with Gasteiger partial charge in [-0.3, -0.25) is 0 Å². The first kappa shape index (κ1) is 15.0. The van der Waals surface area contributed by atoms with Gasteiger partial charge in [0.1, 0.15) is 11.6 Å². The van der Waals surface area contributed by atoms with Gasteiger partial charge in [0.05, 0.1) is 12.2 Å². The van der Waals surface area contributed by atoms with Gasteiger partial charge in [0.2, 0.25) is 5.88 Å². The van der Waals surface area contributed by atoms with Crippen LogP contribution in [-0.2, 0) is 0 Å². The van der Waals surface area contributed by atoms with E-state index >= 15 is 0 Å². The Morgan fingerprint density at radius 2 is 2.30 bits per heavy atom. The zero-order valence-corrected chi connectivity index (χ0v) is 12.6. The predicted molar refractivity (Wildman–Crippen MR) is 79.0 cm³/mol. The van der Waals surface area contributed by atoms with Crippen molar-refractivity contribution in [3.63, 3.8) is 0 Å². The van der Waals surface area contributed by atoms with Crippen LogP contribution in [0.2, 0.25) is 0 Å². The molecule has 1 fully saturated rings. The fourth-order valence-corrected chi connectivity index (χ4v) is 2.90. The summed E-state index contributed by atoms with van der Waals surface area (Å²) in [6.45, 7) is 7.07. The van der Waals surface area contributed by atoms with Crippen molar-refractivity contribution in [1.82, 2.24) is 9.97 Å². The smallest absolute Gasteiger partial charge is 0.218 e. The van der Waals surface area contributed by atoms with E-state index in [1.54, 1.807) is 6.07 Å². The summed E-state index contributed by atoms with van der Waals surface area (Å²) in [6, 6.07) is 1.78. The molecule has 5 heteroatoms. The third-order valence-electron chi connectivity index (χ3n) is 3.77. The Kier molecular flexibility index (Phi) is 4.81. The molecule has 2 unspecified atom stereocenters. The number of aliphatic hydroxyl groups is 1. The first-order valence-electron chi connectivity index (χ1n) is 7.45. The maximum atomic E-state index is 10.6. The molecule has 1 saturated carbocycles. The van der Waals surface area contributed by atoms with Gasteiger partial charge >= 0.3 is 0 Å². The molecule has 20 heavy (non-hydrogen) atoms. The number of nitrogens with zero attached hydrogens (tertiary/aromatic N) is 2. The summed E-state index contributed by atoms with van der Waals surface area (Å²) in [5.41, 5.74) is -0.623. The highest BCUT2D eigenvalue weighted by molar-refractivity contribution is 5.38. The topological polar surface area (TPSA) is 67.3 Å². The van der Waals surface area contributed by atoms with Crippen LogP contribution in [0, 0.1) is 12.8 Å². The van der Waals surface area contributed by atoms with Crippen molar-refractivity contribution in [3.8, 4) is 5.88 Å². The molecule has 0 radical (unpaired) electrons. The lowest BCUT2D eigenvalue weighted by Crippen LogP contribution is -2.41. The third kappa shape index (κ3) is 4.07. The molecule has 5 nitrogen and oxygen atoms in total. The monoisotopic (exact) mass is 279 g/mol. The van der Waals surface area contributed by atoms with Crippen LogP contribution >= 0.6 is 0 Å². The summed E-state index contributed by atoms with van der Waals surface area (Å²) in [5, 5.41) is 13.8. The van der Waals surface area contributed by atoms with E-state index in [9.17, 15) is 5.11 Å². The lowest BCUT2D eigenvalue weighted by atomic mass is 9.79. The summed E-state index contributed by atoms with van der Waals surface area (Å²) in [5.74, 6) is 2.54. The van der Waals surface area contributed by atoms with E-state index in [0.717, 1.165) is 19.3 Å². The van der Waals surface area contributed by atoms with Crippen LogP contribution in [0.25, 0.3) is 0 Å². The molecular weight excluding hydrogens is 254 g/mol. The highest BCUT2D eigenvalue weighted by atomic mass is 16.5. The van der Waals surface area contributed by atoms with Crippen LogP contribution in [0.4, 0.5) is 5.82 Å². The second kappa shape index (κ2) is 6.39. The molecule has 2 N–H and O–H groups in total. The summed E-state index contributed by atoms with van der Waals surface area (Å²) >= 11 is 0. The van der Waals surface area contributed by atoms with Crippen LogP contribution < -0.4 is 10.1 Å². The van der Waals surface area contributed by atoms with Gasteiger partial charge in [-0.05, 0) is 32.6 Å². The molecule has 1 heterocycles. The molecule has 0 bridgehead atoms. The molecule has 0 saturated heterocycles. The normalized spacial score (nSPS) is 26.3. The Labute approximate surface area is 120 Å². The molecular formula is C15H25N3O2. The summed E-state index contributed by atoms with van der Waals surface area (Å²) in [7, 11) is 0. The average molecular weight is 279 g/mol. The maximum absolute atomic E-state index is 10.6. The van der Waals surface area contributed by atoms with Gasteiger partial charge in [-0.2, -0.15) is 4.98 Å². The van der Waals surface area contributed by atoms with Gasteiger partial charge in [-0.25, -0.2) is 4.98 Å². The molecule has 1 aromatic rings. The van der Waals surface area contributed by atoms with Crippen molar-refractivity contribution >= 4 is 5.82 Å². The minimum absolute atomic E-state index is 0.527. The van der Waals surface area contributed by atoms with Gasteiger partial charge in [0, 0.05) is 12.6 Å². The standard InChI is InChI=1S/C15H25N3O2/c1-4-20-14-8-13(17-12(3)18-14)16-10-15(19)7-5-6-11(2)9-15/h8,11,19H,4-7,9-10H2,1-3H3,(H,16,17,18). The zero-order chi connectivity index (χ0) is 14.6. The number of ether oxygens (including phenoxy) is 1. The average Bonchev–Trinajstić information content (AvgIpc) is 2.36. The van der Waals surface area contributed by atoms with Crippen molar-refractivity contribution in [2.24, 2.45) is 5.92 Å². The van der Waals surface area contributed by atoms with Crippen LogP contribution in [0.3, 0.4) is 0 Å². The largest absolute Gasteiger partial charge is 0.478 e. The van der Waals surface area contributed by atoms with Gasteiger partial charge in [-0.1, -0.05) is 19.8 Å². The Morgan fingerprint density at radius 1 is 1.50 bits per heavy atom. The fraction of sp³-hybridized carbons (Fsp3) is 0.733. The molecule has 0 aromatic carbocycles. The fourth-order valence-electron chi connectivity index (χ4n) is 2.90. The maximum Gasteiger partial charge on any atom is 0.218 e. The lowest BCUT2D eigenvalue weighted by Gasteiger charge is -2.35. The summed E-state index contributed by atoms with van der Waals surface area (Å²) in [4.78, 5) is 8.55. The molecule has 2 rings (SSSR count). The van der Waals surface area contributed by atoms with E-state index in [-0.39, 0.29) is 0 Å². The summed E-state index contributed by atoms with van der Waals surface area (Å²) < 4.78 is 5.41. The van der Waals surface area contributed by atoms with Crippen molar-refractivity contribution in [2.45, 2.75) is 52.1 Å². The third-order valence-corrected chi connectivity index (χ3v) is 3.77. The van der Waals surface area contributed by atoms with E-state index in [2.05, 4.69) is 22.2 Å². The quantitative estimate of drug-likeness (QED) is 0.867. The first-order chi connectivity index (χ1) is 9.50. The Bertz CT molecular complexity index is 453. The highest BCUT2D eigenvalue weighted by Gasteiger charge is 2.32. The van der Waals surface area contributed by atoms with Crippen LogP contribution in [0.1, 0.15) is 45.4 Å². The molecule has 2 atom stereocenters. The predicted octanol–water partition coefficient (Wildman–Crippen LogP) is 2.54. The molecule has 1 aliphatic rings. The summed E-state index contributed by atoms with van der Waals surface area (Å²) in [6.07, 6.45) is 4.00. The SMILES string of the molecule is CCOc1cc(NCC2(O)CCCC(C)C2)nc(C)n1. The van der Waals surface area contributed by atoms with Gasteiger partial charge < -0.3 is 15.2 Å². The molecule has 1 aromatic heterocycles. The minimum Gasteiger partial charge on any atom is -0.478 e.